The average Bonchev–Trinajstić information content (AvgIpc) is 2.37. The molecule has 0 aliphatic heterocycles. The molecule has 0 N–H and O–H groups in total. The summed E-state index contributed by atoms with van der Waals surface area (Å²) in [5.74, 6) is 3.34. The van der Waals surface area contributed by atoms with E-state index in [0.717, 1.165) is 0 Å². The first-order valence-electron chi connectivity index (χ1n) is 9.16. The summed E-state index contributed by atoms with van der Waals surface area (Å²) in [6.07, 6.45) is 8.29. The molecule has 0 aliphatic carbocycles. The van der Waals surface area contributed by atoms with E-state index in [0.29, 0.717) is 6.61 Å². The smallest absolute Gasteiger partial charge is 0.193 e. The van der Waals surface area contributed by atoms with Crippen LogP contribution in [0.3, 0.4) is 0 Å². The van der Waals surface area contributed by atoms with E-state index in [1.807, 2.05) is 0 Å². The minimum atomic E-state index is -1.63. The molecule has 22 heavy (non-hydrogen) atoms. The van der Waals surface area contributed by atoms with Gasteiger partial charge in [-0.3, -0.25) is 0 Å². The van der Waals surface area contributed by atoms with E-state index in [4.69, 9.17) is 4.43 Å². The Morgan fingerprint density at radius 2 is 1.41 bits per heavy atom. The topological polar surface area (TPSA) is 9.23 Å². The molecule has 1 nitrogen and oxygen atoms in total. The number of rotatable bonds is 9. The summed E-state index contributed by atoms with van der Waals surface area (Å²) in [6, 6.07) is 1.34. The summed E-state index contributed by atoms with van der Waals surface area (Å²) < 4.78 is 6.15. The average molecular weight is 341 g/mol. The summed E-state index contributed by atoms with van der Waals surface area (Å²) in [4.78, 5) is 0. The first-order chi connectivity index (χ1) is 10.0. The molecule has 0 aliphatic rings. The number of unbranched alkanes of at least 4 members (excludes halogenated alkanes) is 5. The molecule has 0 saturated heterocycles. The molecule has 0 unspecified atom stereocenters. The van der Waals surface area contributed by atoms with Gasteiger partial charge in [-0.05, 0) is 24.2 Å². The molecule has 0 spiro atoms. The predicted octanol–water partition coefficient (Wildman–Crippen LogP) is 6.62. The number of hydrogen-bond acceptors (Lipinski definition) is 1. The van der Waals surface area contributed by atoms with Crippen LogP contribution in [0.1, 0.15) is 66.2 Å². The monoisotopic (exact) mass is 340 g/mol. The first kappa shape index (κ1) is 22.0. The Morgan fingerprint density at radius 3 is 1.95 bits per heavy atom. The van der Waals surface area contributed by atoms with Gasteiger partial charge in [-0.25, -0.2) is 0 Å². The normalized spacial score (nSPS) is 12.9. The van der Waals surface area contributed by atoms with Gasteiger partial charge >= 0.3 is 0 Å². The Morgan fingerprint density at radius 1 is 0.864 bits per heavy atom. The van der Waals surface area contributed by atoms with Crippen LogP contribution in [-0.2, 0) is 4.43 Å². The van der Waals surface area contributed by atoms with Crippen molar-refractivity contribution in [3.63, 3.8) is 0 Å². The summed E-state index contributed by atoms with van der Waals surface area (Å²) in [6.45, 7) is 19.1. The molecule has 0 aromatic rings. The Balaban J connectivity index is 4.06. The van der Waals surface area contributed by atoms with E-state index >= 15 is 0 Å². The standard InChI is InChI=1S/C19H40OSi2/c1-9-10-11-12-13-14-17-21(5,6)18-15-16-20-22(7,8)19(2,3)4/h9-14,16-17H2,1-8H3. The highest BCUT2D eigenvalue weighted by Crippen LogP contribution is 2.36. The van der Waals surface area contributed by atoms with Crippen molar-refractivity contribution in [2.45, 2.75) is 103 Å². The quantitative estimate of drug-likeness (QED) is 0.260. The molecule has 0 rings (SSSR count). The van der Waals surface area contributed by atoms with Crippen molar-refractivity contribution in [2.75, 3.05) is 6.61 Å². The van der Waals surface area contributed by atoms with Gasteiger partial charge in [-0.2, -0.15) is 0 Å². The van der Waals surface area contributed by atoms with Gasteiger partial charge in [-0.15, -0.1) is 5.54 Å². The van der Waals surface area contributed by atoms with Gasteiger partial charge in [-0.1, -0.05) is 85.2 Å². The van der Waals surface area contributed by atoms with E-state index < -0.39 is 16.4 Å². The molecule has 0 aromatic heterocycles. The van der Waals surface area contributed by atoms with Gasteiger partial charge in [0.1, 0.15) is 8.07 Å². The minimum absolute atomic E-state index is 0.278. The van der Waals surface area contributed by atoms with Crippen LogP contribution in [0.15, 0.2) is 0 Å². The largest absolute Gasteiger partial charge is 0.406 e. The molecule has 0 saturated carbocycles. The highest BCUT2D eigenvalue weighted by Gasteiger charge is 2.36. The molecule has 0 bridgehead atoms. The van der Waals surface area contributed by atoms with Crippen LogP contribution in [0.25, 0.3) is 0 Å². The first-order valence-corrected chi connectivity index (χ1v) is 15.3. The fraction of sp³-hybridized carbons (Fsp3) is 0.895. The summed E-state index contributed by atoms with van der Waals surface area (Å²) in [5.41, 5.74) is 3.57. The molecular formula is C19H40OSi2. The van der Waals surface area contributed by atoms with Gasteiger partial charge in [0.05, 0.1) is 6.61 Å². The zero-order valence-corrected chi connectivity index (χ0v) is 18.6. The van der Waals surface area contributed by atoms with Gasteiger partial charge in [0.25, 0.3) is 0 Å². The van der Waals surface area contributed by atoms with Crippen LogP contribution < -0.4 is 0 Å². The molecule has 130 valence electrons. The zero-order chi connectivity index (χ0) is 17.3. The Labute approximate surface area is 142 Å². The van der Waals surface area contributed by atoms with E-state index in [1.165, 1.54) is 44.6 Å². The SMILES string of the molecule is CCCCCCCC[Si](C)(C)C#CCO[Si](C)(C)C(C)(C)C. The molecule has 3 heteroatoms. The maximum Gasteiger partial charge on any atom is 0.193 e. The second-order valence-electron chi connectivity index (χ2n) is 8.75. The Hall–Kier alpha value is -0.0462. The lowest BCUT2D eigenvalue weighted by Gasteiger charge is -2.35. The molecule has 0 amide bonds. The molecule has 0 aromatic carbocycles. The molecule has 0 atom stereocenters. The van der Waals surface area contributed by atoms with Crippen molar-refractivity contribution in [2.24, 2.45) is 0 Å². The highest BCUT2D eigenvalue weighted by atomic mass is 28.4. The van der Waals surface area contributed by atoms with Crippen LogP contribution in [0, 0.1) is 11.5 Å². The second kappa shape index (κ2) is 9.95. The third-order valence-electron chi connectivity index (χ3n) is 4.89. The van der Waals surface area contributed by atoms with Crippen molar-refractivity contribution >= 4 is 16.4 Å². The summed E-state index contributed by atoms with van der Waals surface area (Å²) >= 11 is 0. The minimum Gasteiger partial charge on any atom is -0.406 e. The van der Waals surface area contributed by atoms with Crippen molar-refractivity contribution in [3.05, 3.63) is 0 Å². The van der Waals surface area contributed by atoms with Crippen molar-refractivity contribution in [1.29, 1.82) is 0 Å². The summed E-state index contributed by atoms with van der Waals surface area (Å²) in [7, 11) is -2.97. The van der Waals surface area contributed by atoms with Crippen LogP contribution in [0.2, 0.25) is 37.3 Å². The van der Waals surface area contributed by atoms with Crippen molar-refractivity contribution < 1.29 is 4.43 Å². The lowest BCUT2D eigenvalue weighted by atomic mass is 10.1. The molecule has 0 radical (unpaired) electrons. The molecule has 0 heterocycles. The van der Waals surface area contributed by atoms with Gasteiger partial charge < -0.3 is 4.43 Å². The third-order valence-corrected chi connectivity index (χ3v) is 11.8. The van der Waals surface area contributed by atoms with Crippen molar-refractivity contribution in [1.82, 2.24) is 0 Å². The van der Waals surface area contributed by atoms with E-state index in [2.05, 4.69) is 65.3 Å². The van der Waals surface area contributed by atoms with E-state index in [9.17, 15) is 0 Å². The fourth-order valence-electron chi connectivity index (χ4n) is 2.12. The Bertz CT molecular complexity index is 356. The van der Waals surface area contributed by atoms with Crippen LogP contribution >= 0.6 is 0 Å². The molecular weight excluding hydrogens is 300 g/mol. The van der Waals surface area contributed by atoms with Crippen LogP contribution in [-0.4, -0.2) is 23.0 Å². The fourth-order valence-corrected chi connectivity index (χ4v) is 4.79. The Kier molecular flexibility index (Phi) is 9.93. The van der Waals surface area contributed by atoms with Crippen molar-refractivity contribution in [3.8, 4) is 11.5 Å². The number of hydrogen-bond donors (Lipinski definition) is 0. The second-order valence-corrected chi connectivity index (χ2v) is 18.1. The van der Waals surface area contributed by atoms with E-state index in [1.54, 1.807) is 0 Å². The maximum absolute atomic E-state index is 6.15. The molecule has 0 fully saturated rings. The van der Waals surface area contributed by atoms with Crippen LogP contribution in [0.5, 0.6) is 0 Å². The van der Waals surface area contributed by atoms with Crippen LogP contribution in [0.4, 0.5) is 0 Å². The third kappa shape index (κ3) is 9.87. The van der Waals surface area contributed by atoms with Gasteiger partial charge in [0, 0.05) is 0 Å². The van der Waals surface area contributed by atoms with Gasteiger partial charge in [0.15, 0.2) is 8.32 Å². The maximum atomic E-state index is 6.15. The lowest BCUT2D eigenvalue weighted by molar-refractivity contribution is 0.334. The lowest BCUT2D eigenvalue weighted by Crippen LogP contribution is -2.40. The zero-order valence-electron chi connectivity index (χ0n) is 16.6. The highest BCUT2D eigenvalue weighted by molar-refractivity contribution is 6.85. The van der Waals surface area contributed by atoms with E-state index in [-0.39, 0.29) is 5.04 Å². The predicted molar refractivity (Wildman–Crippen MR) is 107 cm³/mol. The van der Waals surface area contributed by atoms with Gasteiger partial charge in [0.2, 0.25) is 0 Å². The summed E-state index contributed by atoms with van der Waals surface area (Å²) in [5, 5.41) is 0.278.